The summed E-state index contributed by atoms with van der Waals surface area (Å²) >= 11 is 0. The van der Waals surface area contributed by atoms with Gasteiger partial charge in [0, 0.05) is 18.1 Å². The number of aliphatic hydroxyl groups excluding tert-OH is 1. The Hall–Kier alpha value is -3.13. The predicted molar refractivity (Wildman–Crippen MR) is 152 cm³/mol. The Morgan fingerprint density at radius 2 is 1.63 bits per heavy atom. The Labute approximate surface area is 226 Å². The molecule has 2 aliphatic heterocycles. The summed E-state index contributed by atoms with van der Waals surface area (Å²) in [6.07, 6.45) is 0.229. The van der Waals surface area contributed by atoms with Crippen molar-refractivity contribution in [3.8, 4) is 11.5 Å². The molecule has 4 atom stereocenters. The lowest BCUT2D eigenvalue weighted by Gasteiger charge is -2.37. The zero-order chi connectivity index (χ0) is 27.1. The van der Waals surface area contributed by atoms with Crippen LogP contribution < -0.4 is 19.6 Å². The number of hydrogen-bond donors (Lipinski definition) is 1. The van der Waals surface area contributed by atoms with E-state index in [1.807, 2.05) is 65.6 Å². The summed E-state index contributed by atoms with van der Waals surface area (Å²) in [4.78, 5) is 16.4. The molecule has 5 rings (SSSR count). The molecular weight excluding hydrogens is 494 g/mol. The number of fused-ring (bicyclic) bond motifs is 2. The first-order valence-electron chi connectivity index (χ1n) is 13.3. The Kier molecular flexibility index (Phi) is 7.11. The third kappa shape index (κ3) is 4.13. The van der Waals surface area contributed by atoms with E-state index in [1.165, 1.54) is 5.19 Å². The van der Waals surface area contributed by atoms with E-state index in [0.717, 1.165) is 22.6 Å². The van der Waals surface area contributed by atoms with E-state index in [0.29, 0.717) is 18.7 Å². The summed E-state index contributed by atoms with van der Waals surface area (Å²) in [7, 11) is 1.11. The topological polar surface area (TPSA) is 68.2 Å². The fourth-order valence-corrected chi connectivity index (χ4v) is 10.8. The van der Waals surface area contributed by atoms with Crippen molar-refractivity contribution in [3.63, 3.8) is 0 Å². The Morgan fingerprint density at radius 1 is 0.974 bits per heavy atom. The summed E-state index contributed by atoms with van der Waals surface area (Å²) in [6.45, 7) is 7.32. The SMILES string of the molecule is COc1ccc([Si](C)(C)[C@@H]2[C@@H](CCO)O[C@]3(C(=O)N(Cc4ccccc4)c4ccc(OC)cc43)[C@H]2C)cc1. The molecule has 7 heteroatoms. The van der Waals surface area contributed by atoms with Gasteiger partial charge in [0.2, 0.25) is 0 Å². The number of aliphatic hydroxyl groups is 1. The monoisotopic (exact) mass is 531 g/mol. The van der Waals surface area contributed by atoms with Crippen LogP contribution in [-0.2, 0) is 21.7 Å². The number of methoxy groups -OCH3 is 2. The van der Waals surface area contributed by atoms with E-state index >= 15 is 0 Å². The lowest BCUT2D eigenvalue weighted by atomic mass is 9.82. The molecule has 0 unspecified atom stereocenters. The Morgan fingerprint density at radius 3 is 2.26 bits per heavy atom. The molecule has 0 aromatic heterocycles. The highest BCUT2D eigenvalue weighted by Gasteiger charge is 2.66. The highest BCUT2D eigenvalue weighted by atomic mass is 28.3. The van der Waals surface area contributed by atoms with E-state index in [9.17, 15) is 9.90 Å². The second-order valence-electron chi connectivity index (χ2n) is 10.9. The number of amides is 1. The molecule has 0 bridgehead atoms. The highest BCUT2D eigenvalue weighted by Crippen LogP contribution is 2.60. The summed E-state index contributed by atoms with van der Waals surface area (Å²) in [5, 5.41) is 11.3. The standard InChI is InChI=1S/C31H37NO5Si/c1-21-29(38(4,5)25-14-11-23(35-2)12-15-25)28(17-18-33)37-31(21)26-19-24(36-3)13-16-27(26)32(30(31)34)20-22-9-7-6-8-10-22/h6-16,19,21,28-29,33H,17-18,20H2,1-5H3/t21-,28+,29-,31+/m0/s1. The number of nitrogens with zero attached hydrogens (tertiary/aromatic N) is 1. The smallest absolute Gasteiger partial charge is 0.264 e. The van der Waals surface area contributed by atoms with Crippen molar-refractivity contribution in [2.75, 3.05) is 25.7 Å². The predicted octanol–water partition coefficient (Wildman–Crippen LogP) is 4.85. The molecule has 38 heavy (non-hydrogen) atoms. The average molecular weight is 532 g/mol. The van der Waals surface area contributed by atoms with Gasteiger partial charge in [-0.3, -0.25) is 4.79 Å². The fraction of sp³-hybridized carbons (Fsp3) is 0.387. The largest absolute Gasteiger partial charge is 0.497 e. The summed E-state index contributed by atoms with van der Waals surface area (Å²) in [6, 6.07) is 24.2. The van der Waals surface area contributed by atoms with Gasteiger partial charge in [0.15, 0.2) is 5.60 Å². The first-order valence-corrected chi connectivity index (χ1v) is 16.3. The third-order valence-electron chi connectivity index (χ3n) is 8.64. The van der Waals surface area contributed by atoms with Crippen LogP contribution in [0.1, 0.15) is 24.5 Å². The second-order valence-corrected chi connectivity index (χ2v) is 15.6. The highest BCUT2D eigenvalue weighted by molar-refractivity contribution is 6.91. The Bertz CT molecular complexity index is 1300. The summed E-state index contributed by atoms with van der Waals surface area (Å²) in [5.74, 6) is 1.37. The quantitative estimate of drug-likeness (QED) is 0.421. The van der Waals surface area contributed by atoms with Gasteiger partial charge in [0.25, 0.3) is 5.91 Å². The molecule has 1 saturated heterocycles. The van der Waals surface area contributed by atoms with Gasteiger partial charge in [-0.05, 0) is 47.9 Å². The molecule has 1 fully saturated rings. The fourth-order valence-electron chi connectivity index (χ4n) is 6.74. The molecule has 1 amide bonds. The van der Waals surface area contributed by atoms with E-state index < -0.39 is 13.7 Å². The Balaban J connectivity index is 1.62. The molecule has 1 spiro atoms. The average Bonchev–Trinajstić information content (AvgIpc) is 3.36. The van der Waals surface area contributed by atoms with Crippen LogP contribution in [0.25, 0.3) is 0 Å². The number of anilines is 1. The van der Waals surface area contributed by atoms with E-state index in [1.54, 1.807) is 14.2 Å². The number of benzene rings is 3. The van der Waals surface area contributed by atoms with Crippen LogP contribution in [0.2, 0.25) is 18.6 Å². The molecule has 0 saturated carbocycles. The molecule has 2 aliphatic rings. The normalized spacial score (nSPS) is 24.6. The number of rotatable bonds is 8. The zero-order valence-corrected chi connectivity index (χ0v) is 23.8. The van der Waals surface area contributed by atoms with Gasteiger partial charge < -0.3 is 24.2 Å². The molecule has 2 heterocycles. The zero-order valence-electron chi connectivity index (χ0n) is 22.8. The van der Waals surface area contributed by atoms with E-state index in [-0.39, 0.29) is 30.1 Å². The maximum Gasteiger partial charge on any atom is 0.264 e. The first kappa shape index (κ1) is 26.5. The maximum absolute atomic E-state index is 14.5. The van der Waals surface area contributed by atoms with Crippen LogP contribution in [-0.4, -0.2) is 46.0 Å². The van der Waals surface area contributed by atoms with Gasteiger partial charge in [0.1, 0.15) is 11.5 Å². The van der Waals surface area contributed by atoms with Crippen LogP contribution >= 0.6 is 0 Å². The molecule has 3 aromatic rings. The van der Waals surface area contributed by atoms with Crippen molar-refractivity contribution in [2.24, 2.45) is 5.92 Å². The first-order chi connectivity index (χ1) is 18.3. The maximum atomic E-state index is 14.5. The van der Waals surface area contributed by atoms with Crippen LogP contribution in [0.3, 0.4) is 0 Å². The molecule has 0 aliphatic carbocycles. The van der Waals surface area contributed by atoms with Crippen molar-refractivity contribution >= 4 is 24.9 Å². The molecule has 1 N–H and O–H groups in total. The van der Waals surface area contributed by atoms with Gasteiger partial charge in [0.05, 0.1) is 40.6 Å². The van der Waals surface area contributed by atoms with E-state index in [4.69, 9.17) is 14.2 Å². The lowest BCUT2D eigenvalue weighted by Crippen LogP contribution is -2.51. The van der Waals surface area contributed by atoms with Crippen LogP contribution in [0.5, 0.6) is 11.5 Å². The lowest BCUT2D eigenvalue weighted by molar-refractivity contribution is -0.146. The minimum atomic E-state index is -2.20. The second kappa shape index (κ2) is 10.2. The number of carbonyl (C=O) groups excluding carboxylic acids is 1. The minimum Gasteiger partial charge on any atom is -0.497 e. The number of hydrogen-bond acceptors (Lipinski definition) is 5. The van der Waals surface area contributed by atoms with Crippen molar-refractivity contribution in [3.05, 3.63) is 83.9 Å². The molecule has 6 nitrogen and oxygen atoms in total. The summed E-state index contributed by atoms with van der Waals surface area (Å²) in [5.41, 5.74) is 1.73. The van der Waals surface area contributed by atoms with Crippen molar-refractivity contribution in [1.82, 2.24) is 0 Å². The van der Waals surface area contributed by atoms with Crippen molar-refractivity contribution in [1.29, 1.82) is 0 Å². The van der Waals surface area contributed by atoms with Gasteiger partial charge in [-0.2, -0.15) is 0 Å². The third-order valence-corrected chi connectivity index (χ3v) is 13.0. The summed E-state index contributed by atoms with van der Waals surface area (Å²) < 4.78 is 17.9. The van der Waals surface area contributed by atoms with Crippen molar-refractivity contribution < 1.29 is 24.1 Å². The van der Waals surface area contributed by atoms with Gasteiger partial charge in [-0.25, -0.2) is 0 Å². The molecule has 0 radical (unpaired) electrons. The number of ether oxygens (including phenoxy) is 3. The van der Waals surface area contributed by atoms with Crippen LogP contribution in [0.4, 0.5) is 5.69 Å². The number of carbonyl (C=O) groups is 1. The van der Waals surface area contributed by atoms with Crippen LogP contribution in [0, 0.1) is 5.92 Å². The van der Waals surface area contributed by atoms with Crippen LogP contribution in [0.15, 0.2) is 72.8 Å². The van der Waals surface area contributed by atoms with Gasteiger partial charge >= 0.3 is 0 Å². The van der Waals surface area contributed by atoms with Gasteiger partial charge in [-0.15, -0.1) is 0 Å². The molecular formula is C31H37NO5Si. The molecule has 3 aromatic carbocycles. The van der Waals surface area contributed by atoms with E-state index in [2.05, 4.69) is 32.2 Å². The minimum absolute atomic E-state index is 0.00392. The van der Waals surface area contributed by atoms with Crippen molar-refractivity contribution in [2.45, 2.75) is 50.2 Å². The van der Waals surface area contributed by atoms with Gasteiger partial charge in [-0.1, -0.05) is 67.7 Å². The molecule has 200 valence electrons.